The first-order valence-electron chi connectivity index (χ1n) is 8.94. The van der Waals surface area contributed by atoms with Crippen LogP contribution in [0.3, 0.4) is 0 Å². The van der Waals surface area contributed by atoms with Crippen molar-refractivity contribution >= 4 is 32.5 Å². The molecule has 1 fully saturated rings. The highest BCUT2D eigenvalue weighted by Crippen LogP contribution is 2.41. The molecule has 1 atom stereocenters. The average Bonchev–Trinajstić information content (AvgIpc) is 3.30. The van der Waals surface area contributed by atoms with Crippen LogP contribution < -0.4 is 9.64 Å². The molecule has 1 N–H and O–H groups in total. The van der Waals surface area contributed by atoms with Crippen LogP contribution in [0.5, 0.6) is 5.75 Å². The zero-order valence-corrected chi connectivity index (χ0v) is 16.3. The van der Waals surface area contributed by atoms with Crippen LogP contribution in [-0.2, 0) is 0 Å². The molecule has 4 rings (SSSR count). The van der Waals surface area contributed by atoms with Gasteiger partial charge in [-0.15, -0.1) is 0 Å². The highest BCUT2D eigenvalue weighted by Gasteiger charge is 2.24. The Morgan fingerprint density at radius 2 is 2.00 bits per heavy atom. The van der Waals surface area contributed by atoms with Gasteiger partial charge < -0.3 is 14.6 Å². The van der Waals surface area contributed by atoms with Crippen LogP contribution in [0, 0.1) is 0 Å². The number of hydrogen-bond acceptors (Lipinski definition) is 2. The van der Waals surface area contributed by atoms with Gasteiger partial charge in [0.15, 0.2) is 0 Å². The van der Waals surface area contributed by atoms with Crippen LogP contribution in [0.1, 0.15) is 26.2 Å². The highest BCUT2D eigenvalue weighted by molar-refractivity contribution is 9.10. The Morgan fingerprint density at radius 1 is 1.20 bits per heavy atom. The third-order valence-corrected chi connectivity index (χ3v) is 5.92. The number of ether oxygens (including phenoxy) is 1. The van der Waals surface area contributed by atoms with E-state index in [0.29, 0.717) is 6.04 Å². The Labute approximate surface area is 157 Å². The van der Waals surface area contributed by atoms with E-state index >= 15 is 0 Å². The fourth-order valence-corrected chi connectivity index (χ4v) is 4.58. The van der Waals surface area contributed by atoms with Crippen LogP contribution in [-0.4, -0.2) is 24.7 Å². The largest absolute Gasteiger partial charge is 0.495 e. The van der Waals surface area contributed by atoms with Gasteiger partial charge >= 0.3 is 0 Å². The number of benzene rings is 2. The van der Waals surface area contributed by atoms with Gasteiger partial charge in [-0.05, 0) is 42.8 Å². The van der Waals surface area contributed by atoms with E-state index < -0.39 is 0 Å². The van der Waals surface area contributed by atoms with Crippen molar-refractivity contribution in [2.75, 3.05) is 18.6 Å². The van der Waals surface area contributed by atoms with E-state index in [1.165, 1.54) is 30.5 Å². The second-order valence-corrected chi connectivity index (χ2v) is 7.49. The smallest absolute Gasteiger partial charge is 0.136 e. The van der Waals surface area contributed by atoms with Gasteiger partial charge in [0.2, 0.25) is 0 Å². The van der Waals surface area contributed by atoms with Crippen molar-refractivity contribution in [1.29, 1.82) is 0 Å². The molecule has 25 heavy (non-hydrogen) atoms. The molecule has 130 valence electrons. The van der Waals surface area contributed by atoms with E-state index in [1.807, 2.05) is 0 Å². The summed E-state index contributed by atoms with van der Waals surface area (Å²) in [5.74, 6) is 2.13. The number of hydrogen-bond donors (Lipinski definition) is 1. The number of rotatable bonds is 4. The molecule has 3 nitrogen and oxygen atoms in total. The summed E-state index contributed by atoms with van der Waals surface area (Å²) in [6.07, 6.45) is 3.76. The minimum atomic E-state index is 0.650. The minimum Gasteiger partial charge on any atom is -0.495 e. The van der Waals surface area contributed by atoms with Crippen LogP contribution in [0.4, 0.5) is 5.82 Å². The summed E-state index contributed by atoms with van der Waals surface area (Å²) >= 11 is 3.72. The molecule has 1 saturated heterocycles. The van der Waals surface area contributed by atoms with Crippen LogP contribution in [0.15, 0.2) is 46.9 Å². The predicted molar refractivity (Wildman–Crippen MR) is 109 cm³/mol. The lowest BCUT2D eigenvalue weighted by Crippen LogP contribution is -2.28. The predicted octanol–water partition coefficient (Wildman–Crippen LogP) is 5.98. The summed E-state index contributed by atoms with van der Waals surface area (Å²) in [5, 5.41) is 2.29. The number of nitrogens with one attached hydrogen (secondary N) is 1. The van der Waals surface area contributed by atoms with Crippen molar-refractivity contribution < 1.29 is 4.74 Å². The third-order valence-electron chi connectivity index (χ3n) is 5.27. The van der Waals surface area contributed by atoms with Gasteiger partial charge in [0.25, 0.3) is 0 Å². The quantitative estimate of drug-likeness (QED) is 0.584. The Bertz CT molecular complexity index is 902. The van der Waals surface area contributed by atoms with E-state index in [2.05, 4.69) is 75.2 Å². The van der Waals surface area contributed by atoms with Gasteiger partial charge in [-0.3, -0.25) is 0 Å². The lowest BCUT2D eigenvalue weighted by atomic mass is 10.0. The normalized spacial score (nSPS) is 17.4. The number of aromatic nitrogens is 1. The summed E-state index contributed by atoms with van der Waals surface area (Å²) < 4.78 is 6.88. The molecular formula is C21H23BrN2O. The molecular weight excluding hydrogens is 376 g/mol. The molecule has 0 spiro atoms. The summed E-state index contributed by atoms with van der Waals surface area (Å²) in [6.45, 7) is 3.41. The van der Waals surface area contributed by atoms with Gasteiger partial charge in [0.05, 0.1) is 12.8 Å². The van der Waals surface area contributed by atoms with Crippen molar-refractivity contribution in [2.24, 2.45) is 0 Å². The SMILES string of the molecule is CCC1CCCN1c1ccc(-c2cc(Br)c3ccccc3c2OC)[nH]1. The molecule has 2 heterocycles. The monoisotopic (exact) mass is 398 g/mol. The highest BCUT2D eigenvalue weighted by atomic mass is 79.9. The van der Waals surface area contributed by atoms with Crippen molar-refractivity contribution in [2.45, 2.75) is 32.2 Å². The molecule has 3 aromatic rings. The molecule has 0 saturated carbocycles. The first-order chi connectivity index (χ1) is 12.2. The number of methoxy groups -OCH3 is 1. The number of aromatic amines is 1. The Hall–Kier alpha value is -1.94. The molecule has 0 amide bonds. The Morgan fingerprint density at radius 3 is 2.76 bits per heavy atom. The van der Waals surface area contributed by atoms with Gasteiger partial charge in [-0.25, -0.2) is 0 Å². The summed E-state index contributed by atoms with van der Waals surface area (Å²) in [4.78, 5) is 6.13. The van der Waals surface area contributed by atoms with E-state index in [4.69, 9.17) is 4.74 Å². The molecule has 0 aliphatic carbocycles. The number of nitrogens with zero attached hydrogens (tertiary/aromatic N) is 1. The van der Waals surface area contributed by atoms with Crippen molar-refractivity contribution in [1.82, 2.24) is 4.98 Å². The maximum Gasteiger partial charge on any atom is 0.136 e. The van der Waals surface area contributed by atoms with Gasteiger partial charge in [0.1, 0.15) is 11.6 Å². The van der Waals surface area contributed by atoms with Gasteiger partial charge in [-0.2, -0.15) is 0 Å². The molecule has 0 radical (unpaired) electrons. The summed E-state index contributed by atoms with van der Waals surface area (Å²) in [5.41, 5.74) is 2.19. The van der Waals surface area contributed by atoms with Crippen LogP contribution in [0.25, 0.3) is 22.0 Å². The molecule has 1 aliphatic heterocycles. The second-order valence-electron chi connectivity index (χ2n) is 6.64. The number of anilines is 1. The van der Waals surface area contributed by atoms with E-state index in [-0.39, 0.29) is 0 Å². The first kappa shape index (κ1) is 16.5. The Kier molecular flexibility index (Phi) is 4.46. The maximum atomic E-state index is 5.79. The Balaban J connectivity index is 1.80. The van der Waals surface area contributed by atoms with Crippen molar-refractivity contribution in [3.63, 3.8) is 0 Å². The molecule has 1 aliphatic rings. The number of halogens is 1. The summed E-state index contributed by atoms with van der Waals surface area (Å²) in [6, 6.07) is 15.5. The molecule has 1 aromatic heterocycles. The number of fused-ring (bicyclic) bond motifs is 1. The van der Waals surface area contributed by atoms with E-state index in [1.54, 1.807) is 7.11 Å². The maximum absolute atomic E-state index is 5.79. The van der Waals surface area contributed by atoms with Crippen LogP contribution in [0.2, 0.25) is 0 Å². The molecule has 0 bridgehead atoms. The van der Waals surface area contributed by atoms with Crippen LogP contribution >= 0.6 is 15.9 Å². The topological polar surface area (TPSA) is 28.3 Å². The zero-order valence-electron chi connectivity index (χ0n) is 14.7. The van der Waals surface area contributed by atoms with Crippen molar-refractivity contribution in [3.05, 3.63) is 46.9 Å². The fraction of sp³-hybridized carbons (Fsp3) is 0.333. The van der Waals surface area contributed by atoms with Gasteiger partial charge in [0, 0.05) is 28.0 Å². The molecule has 4 heteroatoms. The lowest BCUT2D eigenvalue weighted by molar-refractivity contribution is 0.421. The van der Waals surface area contributed by atoms with E-state index in [9.17, 15) is 0 Å². The third kappa shape index (κ3) is 2.82. The first-order valence-corrected chi connectivity index (χ1v) is 9.73. The molecule has 2 aromatic carbocycles. The lowest BCUT2D eigenvalue weighted by Gasteiger charge is -2.24. The van der Waals surface area contributed by atoms with Crippen molar-refractivity contribution in [3.8, 4) is 17.0 Å². The summed E-state index contributed by atoms with van der Waals surface area (Å²) in [7, 11) is 1.75. The zero-order chi connectivity index (χ0) is 17.4. The standard InChI is InChI=1S/C21H23BrN2O/c1-3-14-7-6-12-24(14)20-11-10-19(23-20)17-13-18(22)15-8-4-5-9-16(15)21(17)25-2/h4-5,8-11,13-14,23H,3,6-7,12H2,1-2H3. The average molecular weight is 399 g/mol. The van der Waals surface area contributed by atoms with E-state index in [0.717, 1.165) is 33.4 Å². The second kappa shape index (κ2) is 6.75. The van der Waals surface area contributed by atoms with Gasteiger partial charge in [-0.1, -0.05) is 47.1 Å². The fourth-order valence-electron chi connectivity index (χ4n) is 4.01. The minimum absolute atomic E-state index is 0.650. The number of H-pyrrole nitrogens is 1. The molecule has 1 unspecified atom stereocenters.